The van der Waals surface area contributed by atoms with E-state index in [-0.39, 0.29) is 23.5 Å². The lowest BCUT2D eigenvalue weighted by Gasteiger charge is -2.58. The van der Waals surface area contributed by atoms with Crippen LogP contribution in [0, 0.1) is 5.41 Å². The molecular weight excluding hydrogens is 256 g/mol. The fourth-order valence-corrected chi connectivity index (χ4v) is 3.40. The summed E-state index contributed by atoms with van der Waals surface area (Å²) in [5.41, 5.74) is 5.05. The third-order valence-corrected chi connectivity index (χ3v) is 5.28. The molecule has 20 heavy (non-hydrogen) atoms. The molecule has 5 nitrogen and oxygen atoms in total. The van der Waals surface area contributed by atoms with Crippen molar-refractivity contribution in [2.75, 3.05) is 6.61 Å². The first kappa shape index (κ1) is 15.7. The van der Waals surface area contributed by atoms with Gasteiger partial charge >= 0.3 is 0 Å². The van der Waals surface area contributed by atoms with Crippen LogP contribution in [0.1, 0.15) is 52.9 Å². The maximum absolute atomic E-state index is 12.5. The fraction of sp³-hybridized carbons (Fsp3) is 0.933. The summed E-state index contributed by atoms with van der Waals surface area (Å²) in [6.07, 6.45) is 3.79. The van der Waals surface area contributed by atoms with Crippen LogP contribution < -0.4 is 11.1 Å². The van der Waals surface area contributed by atoms with Crippen molar-refractivity contribution in [3.05, 3.63) is 0 Å². The topological polar surface area (TPSA) is 84.6 Å². The van der Waals surface area contributed by atoms with Crippen LogP contribution in [-0.4, -0.2) is 41.4 Å². The van der Waals surface area contributed by atoms with Crippen molar-refractivity contribution >= 4 is 5.91 Å². The lowest BCUT2D eigenvalue weighted by atomic mass is 9.54. The highest BCUT2D eigenvalue weighted by Crippen LogP contribution is 2.49. The van der Waals surface area contributed by atoms with Crippen molar-refractivity contribution in [3.8, 4) is 0 Å². The van der Waals surface area contributed by atoms with Gasteiger partial charge in [0.2, 0.25) is 5.91 Å². The Hall–Kier alpha value is -0.650. The lowest BCUT2D eigenvalue weighted by Crippen LogP contribution is -2.76. The highest BCUT2D eigenvalue weighted by atomic mass is 16.5. The number of rotatable bonds is 4. The number of ether oxygens (including phenoxy) is 1. The lowest BCUT2D eigenvalue weighted by molar-refractivity contribution is -0.172. The van der Waals surface area contributed by atoms with Gasteiger partial charge in [0.05, 0.1) is 18.2 Å². The minimum Gasteiger partial charge on any atom is -0.391 e. The molecule has 1 amide bonds. The number of nitrogens with two attached hydrogens (primary N) is 1. The first-order valence-electron chi connectivity index (χ1n) is 7.72. The molecular formula is C15H28N2O3. The second-order valence-electron chi connectivity index (χ2n) is 6.77. The number of aliphatic hydroxyl groups is 1. The van der Waals surface area contributed by atoms with Crippen LogP contribution in [0.25, 0.3) is 0 Å². The van der Waals surface area contributed by atoms with Crippen LogP contribution in [0.2, 0.25) is 0 Å². The summed E-state index contributed by atoms with van der Waals surface area (Å²) in [7, 11) is 0. The molecule has 0 aromatic carbocycles. The molecule has 5 heteroatoms. The molecule has 0 heterocycles. The molecule has 2 rings (SSSR count). The largest absolute Gasteiger partial charge is 0.391 e. The molecule has 0 aromatic heterocycles. The Balaban J connectivity index is 1.98. The number of nitrogens with one attached hydrogen (secondary N) is 1. The van der Waals surface area contributed by atoms with Gasteiger partial charge in [-0.3, -0.25) is 4.79 Å². The molecule has 0 saturated heterocycles. The third-order valence-electron chi connectivity index (χ3n) is 5.28. The molecule has 4 atom stereocenters. The van der Waals surface area contributed by atoms with E-state index in [0.29, 0.717) is 13.0 Å². The van der Waals surface area contributed by atoms with Gasteiger partial charge in [0.1, 0.15) is 5.54 Å². The SMILES string of the molecule is CCOC1CC(N)(C(=O)N[C@H]2CCCC[C@@H]2O)C1(C)C. The Kier molecular flexibility index (Phi) is 4.42. The average molecular weight is 284 g/mol. The van der Waals surface area contributed by atoms with E-state index in [4.69, 9.17) is 10.5 Å². The van der Waals surface area contributed by atoms with Crippen molar-refractivity contribution in [1.29, 1.82) is 0 Å². The van der Waals surface area contributed by atoms with Gasteiger partial charge in [-0.1, -0.05) is 26.7 Å². The second-order valence-corrected chi connectivity index (χ2v) is 6.77. The minimum atomic E-state index is -0.899. The molecule has 4 N–H and O–H groups in total. The van der Waals surface area contributed by atoms with Gasteiger partial charge in [0, 0.05) is 18.4 Å². The summed E-state index contributed by atoms with van der Waals surface area (Å²) in [6.45, 7) is 6.54. The van der Waals surface area contributed by atoms with Crippen molar-refractivity contribution in [3.63, 3.8) is 0 Å². The standard InChI is InChI=1S/C15H28N2O3/c1-4-20-12-9-15(16,14(12,2)3)13(19)17-10-7-5-6-8-11(10)18/h10-12,18H,4-9,16H2,1-3H3,(H,17,19)/t10-,11-,12?,15?/m0/s1. The highest BCUT2D eigenvalue weighted by Gasteiger charge is 2.63. The van der Waals surface area contributed by atoms with E-state index in [1.165, 1.54) is 0 Å². The zero-order chi connectivity index (χ0) is 15.0. The van der Waals surface area contributed by atoms with E-state index in [1.54, 1.807) is 0 Å². The number of hydrogen-bond donors (Lipinski definition) is 3. The quantitative estimate of drug-likeness (QED) is 0.717. The van der Waals surface area contributed by atoms with Crippen LogP contribution in [-0.2, 0) is 9.53 Å². The molecule has 0 aliphatic heterocycles. The van der Waals surface area contributed by atoms with Crippen LogP contribution in [0.4, 0.5) is 0 Å². The van der Waals surface area contributed by atoms with E-state index in [2.05, 4.69) is 5.32 Å². The predicted molar refractivity (Wildman–Crippen MR) is 77.1 cm³/mol. The van der Waals surface area contributed by atoms with Gasteiger partial charge in [-0.25, -0.2) is 0 Å². The minimum absolute atomic E-state index is 0.0273. The van der Waals surface area contributed by atoms with E-state index < -0.39 is 11.6 Å². The summed E-state index contributed by atoms with van der Waals surface area (Å²) < 4.78 is 5.64. The zero-order valence-electron chi connectivity index (χ0n) is 12.8. The van der Waals surface area contributed by atoms with E-state index in [9.17, 15) is 9.90 Å². The van der Waals surface area contributed by atoms with Crippen LogP contribution in [0.5, 0.6) is 0 Å². The molecule has 2 fully saturated rings. The Bertz CT molecular complexity index is 372. The van der Waals surface area contributed by atoms with Crippen molar-refractivity contribution < 1.29 is 14.6 Å². The first-order valence-corrected chi connectivity index (χ1v) is 7.72. The van der Waals surface area contributed by atoms with Crippen LogP contribution in [0.3, 0.4) is 0 Å². The molecule has 116 valence electrons. The van der Waals surface area contributed by atoms with Gasteiger partial charge in [-0.05, 0) is 19.8 Å². The maximum atomic E-state index is 12.5. The number of amides is 1. The highest BCUT2D eigenvalue weighted by molar-refractivity contribution is 5.89. The van der Waals surface area contributed by atoms with Crippen molar-refractivity contribution in [1.82, 2.24) is 5.32 Å². The molecule has 2 aliphatic rings. The van der Waals surface area contributed by atoms with E-state index >= 15 is 0 Å². The number of aliphatic hydroxyl groups excluding tert-OH is 1. The number of carbonyl (C=O) groups is 1. The smallest absolute Gasteiger partial charge is 0.241 e. The molecule has 0 radical (unpaired) electrons. The summed E-state index contributed by atoms with van der Waals surface area (Å²) in [5, 5.41) is 12.9. The maximum Gasteiger partial charge on any atom is 0.241 e. The van der Waals surface area contributed by atoms with Crippen molar-refractivity contribution in [2.24, 2.45) is 11.1 Å². The molecule has 2 unspecified atom stereocenters. The monoisotopic (exact) mass is 284 g/mol. The Labute approximate surface area is 121 Å². The van der Waals surface area contributed by atoms with E-state index in [0.717, 1.165) is 25.7 Å². The Morgan fingerprint density at radius 3 is 2.60 bits per heavy atom. The van der Waals surface area contributed by atoms with Gasteiger partial charge < -0.3 is 20.9 Å². The van der Waals surface area contributed by atoms with Gasteiger partial charge in [-0.2, -0.15) is 0 Å². The van der Waals surface area contributed by atoms with Gasteiger partial charge in [-0.15, -0.1) is 0 Å². The number of hydrogen-bond acceptors (Lipinski definition) is 4. The summed E-state index contributed by atoms with van der Waals surface area (Å²) in [4.78, 5) is 12.5. The Morgan fingerprint density at radius 1 is 1.40 bits per heavy atom. The third kappa shape index (κ3) is 2.47. The summed E-state index contributed by atoms with van der Waals surface area (Å²) in [5.74, 6) is -0.149. The average Bonchev–Trinajstić information content (AvgIpc) is 2.40. The van der Waals surface area contributed by atoms with Crippen LogP contribution >= 0.6 is 0 Å². The van der Waals surface area contributed by atoms with Gasteiger partial charge in [0.25, 0.3) is 0 Å². The zero-order valence-corrected chi connectivity index (χ0v) is 12.8. The molecule has 2 saturated carbocycles. The van der Waals surface area contributed by atoms with Crippen LogP contribution in [0.15, 0.2) is 0 Å². The molecule has 0 bridgehead atoms. The first-order chi connectivity index (χ1) is 9.33. The normalized spacial score (nSPS) is 40.0. The molecule has 2 aliphatic carbocycles. The second kappa shape index (κ2) is 5.62. The van der Waals surface area contributed by atoms with E-state index in [1.807, 2.05) is 20.8 Å². The van der Waals surface area contributed by atoms with Crippen molar-refractivity contribution in [2.45, 2.75) is 76.7 Å². The predicted octanol–water partition coefficient (Wildman–Crippen LogP) is 0.939. The summed E-state index contributed by atoms with van der Waals surface area (Å²) in [6, 6.07) is -0.154. The number of carbonyl (C=O) groups excluding carboxylic acids is 1. The molecule has 0 spiro atoms. The molecule has 0 aromatic rings. The fourth-order valence-electron chi connectivity index (χ4n) is 3.40. The Morgan fingerprint density at radius 2 is 2.05 bits per heavy atom. The van der Waals surface area contributed by atoms with Gasteiger partial charge in [0.15, 0.2) is 0 Å². The summed E-state index contributed by atoms with van der Waals surface area (Å²) >= 11 is 0.